The predicted molar refractivity (Wildman–Crippen MR) is 80.4 cm³/mol. The van der Waals surface area contributed by atoms with E-state index in [0.29, 0.717) is 15.7 Å². The minimum atomic E-state index is -0.431. The summed E-state index contributed by atoms with van der Waals surface area (Å²) in [5, 5.41) is 0.631. The summed E-state index contributed by atoms with van der Waals surface area (Å²) in [6, 6.07) is 4.71. The molecular weight excluding hydrogens is 298 g/mol. The Labute approximate surface area is 127 Å². The van der Waals surface area contributed by atoms with Crippen LogP contribution in [0.3, 0.4) is 0 Å². The summed E-state index contributed by atoms with van der Waals surface area (Å²) < 4.78 is 15.4. The molecule has 1 atom stereocenters. The fourth-order valence-electron chi connectivity index (χ4n) is 3.00. The van der Waals surface area contributed by atoms with E-state index in [1.807, 2.05) is 11.5 Å². The Morgan fingerprint density at radius 3 is 2.55 bits per heavy atom. The summed E-state index contributed by atoms with van der Waals surface area (Å²) >= 11 is 12.4. The molecule has 0 aliphatic heterocycles. The average Bonchev–Trinajstić information content (AvgIpc) is 2.67. The fraction of sp³-hybridized carbons (Fsp3) is 0.333. The first-order valence-electron chi connectivity index (χ1n) is 6.60. The Balaban J connectivity index is 2.26. The number of rotatable bonds is 1. The van der Waals surface area contributed by atoms with Gasteiger partial charge in [0.1, 0.15) is 5.82 Å². The van der Waals surface area contributed by atoms with Gasteiger partial charge in [-0.25, -0.2) is 4.39 Å². The molecule has 1 aliphatic rings. The molecule has 0 bridgehead atoms. The highest BCUT2D eigenvalue weighted by Crippen LogP contribution is 2.37. The van der Waals surface area contributed by atoms with Gasteiger partial charge in [0.05, 0.1) is 15.7 Å². The Kier molecular flexibility index (Phi) is 3.53. The second-order valence-electron chi connectivity index (χ2n) is 5.24. The van der Waals surface area contributed by atoms with Crippen LogP contribution in [0.5, 0.6) is 0 Å². The van der Waals surface area contributed by atoms with Gasteiger partial charge in [0.2, 0.25) is 0 Å². The number of nitrogens with two attached hydrogens (primary N) is 1. The lowest BCUT2D eigenvalue weighted by atomic mass is 9.93. The SMILES string of the molecule is Cc1cc2c(n1-c1c(Cl)cc(F)cc1Cl)CCCC2N. The van der Waals surface area contributed by atoms with Gasteiger partial charge in [-0.15, -0.1) is 0 Å². The Morgan fingerprint density at radius 1 is 1.25 bits per heavy atom. The van der Waals surface area contributed by atoms with Crippen molar-refractivity contribution in [3.05, 3.63) is 51.0 Å². The average molecular weight is 313 g/mol. The molecule has 2 nitrogen and oxygen atoms in total. The summed E-state index contributed by atoms with van der Waals surface area (Å²) in [4.78, 5) is 0. The summed E-state index contributed by atoms with van der Waals surface area (Å²) in [5.41, 5.74) is 10.1. The van der Waals surface area contributed by atoms with E-state index in [9.17, 15) is 4.39 Å². The smallest absolute Gasteiger partial charge is 0.126 e. The van der Waals surface area contributed by atoms with Gasteiger partial charge in [0, 0.05) is 17.4 Å². The summed E-state index contributed by atoms with van der Waals surface area (Å²) in [5.74, 6) is -0.431. The van der Waals surface area contributed by atoms with Crippen molar-refractivity contribution in [2.24, 2.45) is 5.73 Å². The normalized spacial score (nSPS) is 18.1. The minimum absolute atomic E-state index is 0.0525. The molecule has 0 spiro atoms. The molecule has 1 heterocycles. The van der Waals surface area contributed by atoms with Crippen LogP contribution in [0.2, 0.25) is 10.0 Å². The van der Waals surface area contributed by atoms with E-state index in [2.05, 4.69) is 6.07 Å². The van der Waals surface area contributed by atoms with Crippen LogP contribution in [0.25, 0.3) is 5.69 Å². The molecule has 106 valence electrons. The van der Waals surface area contributed by atoms with Crippen LogP contribution in [0.4, 0.5) is 4.39 Å². The molecule has 20 heavy (non-hydrogen) atoms. The third-order valence-corrected chi connectivity index (χ3v) is 4.43. The van der Waals surface area contributed by atoms with E-state index >= 15 is 0 Å². The maximum absolute atomic E-state index is 13.4. The number of halogens is 3. The van der Waals surface area contributed by atoms with Crippen LogP contribution in [-0.4, -0.2) is 4.57 Å². The standard InChI is InChI=1S/C15H15Cl2FN2/c1-8-5-10-13(19)3-2-4-14(10)20(8)15-11(16)6-9(18)7-12(15)17/h5-7,13H,2-4,19H2,1H3. The minimum Gasteiger partial charge on any atom is -0.324 e. The van der Waals surface area contributed by atoms with Crippen molar-refractivity contribution in [2.75, 3.05) is 0 Å². The maximum atomic E-state index is 13.4. The molecule has 0 saturated heterocycles. The molecule has 5 heteroatoms. The second-order valence-corrected chi connectivity index (χ2v) is 6.05. The lowest BCUT2D eigenvalue weighted by Gasteiger charge is -2.22. The highest BCUT2D eigenvalue weighted by atomic mass is 35.5. The van der Waals surface area contributed by atoms with E-state index in [-0.39, 0.29) is 6.04 Å². The maximum Gasteiger partial charge on any atom is 0.126 e. The van der Waals surface area contributed by atoms with Crippen molar-refractivity contribution in [3.8, 4) is 5.69 Å². The number of fused-ring (bicyclic) bond motifs is 1. The van der Waals surface area contributed by atoms with Crippen molar-refractivity contribution in [2.45, 2.75) is 32.2 Å². The van der Waals surface area contributed by atoms with Gasteiger partial charge < -0.3 is 10.3 Å². The lowest BCUT2D eigenvalue weighted by molar-refractivity contribution is 0.559. The molecule has 0 amide bonds. The molecular formula is C15H15Cl2FN2. The lowest BCUT2D eigenvalue weighted by Crippen LogP contribution is -2.18. The highest BCUT2D eigenvalue weighted by Gasteiger charge is 2.24. The van der Waals surface area contributed by atoms with Crippen LogP contribution in [0.15, 0.2) is 18.2 Å². The number of benzene rings is 1. The first-order valence-corrected chi connectivity index (χ1v) is 7.36. The zero-order valence-corrected chi connectivity index (χ0v) is 12.6. The molecule has 1 aromatic heterocycles. The van der Waals surface area contributed by atoms with Gasteiger partial charge >= 0.3 is 0 Å². The molecule has 0 radical (unpaired) electrons. The third-order valence-electron chi connectivity index (χ3n) is 3.85. The quantitative estimate of drug-likeness (QED) is 0.821. The van der Waals surface area contributed by atoms with E-state index in [4.69, 9.17) is 28.9 Å². The van der Waals surface area contributed by atoms with Gasteiger partial charge in [-0.3, -0.25) is 0 Å². The highest BCUT2D eigenvalue weighted by molar-refractivity contribution is 6.37. The predicted octanol–water partition coefficient (Wildman–Crippen LogP) is 4.57. The molecule has 3 rings (SSSR count). The van der Waals surface area contributed by atoms with Crippen LogP contribution in [0, 0.1) is 12.7 Å². The molecule has 0 fully saturated rings. The zero-order valence-electron chi connectivity index (χ0n) is 11.1. The number of hydrogen-bond acceptors (Lipinski definition) is 1. The van der Waals surface area contributed by atoms with Crippen molar-refractivity contribution in [1.82, 2.24) is 4.57 Å². The molecule has 1 aromatic carbocycles. The second kappa shape index (κ2) is 5.06. The summed E-state index contributed by atoms with van der Waals surface area (Å²) in [7, 11) is 0. The third kappa shape index (κ3) is 2.14. The van der Waals surface area contributed by atoms with E-state index in [0.717, 1.165) is 36.2 Å². The van der Waals surface area contributed by atoms with Crippen LogP contribution in [-0.2, 0) is 6.42 Å². The molecule has 1 aliphatic carbocycles. The van der Waals surface area contributed by atoms with E-state index < -0.39 is 5.82 Å². The van der Waals surface area contributed by atoms with Gasteiger partial charge in [-0.05, 0) is 49.9 Å². The number of hydrogen-bond donors (Lipinski definition) is 1. The van der Waals surface area contributed by atoms with Crippen LogP contribution >= 0.6 is 23.2 Å². The fourth-order valence-corrected chi connectivity index (χ4v) is 3.63. The molecule has 2 N–H and O–H groups in total. The topological polar surface area (TPSA) is 30.9 Å². The first kappa shape index (κ1) is 13.9. The van der Waals surface area contributed by atoms with Crippen molar-refractivity contribution in [3.63, 3.8) is 0 Å². The number of nitrogens with zero attached hydrogens (tertiary/aromatic N) is 1. The zero-order chi connectivity index (χ0) is 14.4. The largest absolute Gasteiger partial charge is 0.324 e. The Bertz CT molecular complexity index is 656. The van der Waals surface area contributed by atoms with Gasteiger partial charge in [-0.1, -0.05) is 23.2 Å². The monoisotopic (exact) mass is 312 g/mol. The van der Waals surface area contributed by atoms with E-state index in [1.165, 1.54) is 12.1 Å². The van der Waals surface area contributed by atoms with Crippen molar-refractivity contribution < 1.29 is 4.39 Å². The molecule has 2 aromatic rings. The van der Waals surface area contributed by atoms with Crippen LogP contribution in [0.1, 0.15) is 35.8 Å². The first-order chi connectivity index (χ1) is 9.49. The van der Waals surface area contributed by atoms with Crippen molar-refractivity contribution >= 4 is 23.2 Å². The van der Waals surface area contributed by atoms with Crippen LogP contribution < -0.4 is 5.73 Å². The number of aromatic nitrogens is 1. The number of aryl methyl sites for hydroxylation is 1. The summed E-state index contributed by atoms with van der Waals surface area (Å²) in [6.07, 6.45) is 2.95. The summed E-state index contributed by atoms with van der Waals surface area (Å²) in [6.45, 7) is 1.99. The van der Waals surface area contributed by atoms with Gasteiger partial charge in [0.25, 0.3) is 0 Å². The molecule has 1 unspecified atom stereocenters. The van der Waals surface area contributed by atoms with Gasteiger partial charge in [-0.2, -0.15) is 0 Å². The van der Waals surface area contributed by atoms with Crippen molar-refractivity contribution in [1.29, 1.82) is 0 Å². The Hall–Kier alpha value is -1.03. The Morgan fingerprint density at radius 2 is 1.90 bits per heavy atom. The van der Waals surface area contributed by atoms with Gasteiger partial charge in [0.15, 0.2) is 0 Å². The van der Waals surface area contributed by atoms with E-state index in [1.54, 1.807) is 0 Å². The molecule has 0 saturated carbocycles.